The number of nitrogens with zero attached hydrogens (tertiary/aromatic N) is 1. The molecule has 0 aliphatic rings. The van der Waals surface area contributed by atoms with Gasteiger partial charge in [0.25, 0.3) is 5.56 Å². The molecular weight excluding hydrogens is 371 g/mol. The van der Waals surface area contributed by atoms with Gasteiger partial charge in [0.05, 0.1) is 12.6 Å². The Balaban J connectivity index is 2.76. The lowest BCUT2D eigenvalue weighted by atomic mass is 10.1. The molecule has 3 N–H and O–H groups in total. The molecule has 102 valence electrons. The topological polar surface area (TPSA) is 104 Å². The summed E-state index contributed by atoms with van der Waals surface area (Å²) in [6, 6.07) is 0. The van der Waals surface area contributed by atoms with Crippen molar-refractivity contribution in [3.63, 3.8) is 0 Å². The number of halogens is 1. The van der Waals surface area contributed by atoms with Crippen LogP contribution in [0.4, 0.5) is 5.82 Å². The first-order chi connectivity index (χ1) is 8.11. The second-order valence-corrected chi connectivity index (χ2v) is 7.33. The monoisotopic (exact) mass is 386 g/mol. The van der Waals surface area contributed by atoms with E-state index in [0.717, 1.165) is 6.26 Å². The number of sulfonamides is 1. The predicted molar refractivity (Wildman–Crippen MR) is 78.1 cm³/mol. The Morgan fingerprint density at radius 3 is 2.67 bits per heavy atom. The highest BCUT2D eigenvalue weighted by Crippen LogP contribution is 2.11. The number of H-pyrrole nitrogens is 1. The number of aromatic amines is 1. The molecule has 9 heteroatoms. The Bertz CT molecular complexity index is 582. The highest BCUT2D eigenvalue weighted by molar-refractivity contribution is 14.1. The summed E-state index contributed by atoms with van der Waals surface area (Å²) in [5.41, 5.74) is -0.914. The third kappa shape index (κ3) is 4.90. The fourth-order valence-corrected chi connectivity index (χ4v) is 2.91. The van der Waals surface area contributed by atoms with E-state index < -0.39 is 15.6 Å². The van der Waals surface area contributed by atoms with Crippen molar-refractivity contribution < 1.29 is 8.42 Å². The van der Waals surface area contributed by atoms with Gasteiger partial charge >= 0.3 is 0 Å². The summed E-state index contributed by atoms with van der Waals surface area (Å²) in [4.78, 5) is 17.8. The summed E-state index contributed by atoms with van der Waals surface area (Å²) in [6.07, 6.45) is 2.40. The van der Waals surface area contributed by atoms with Crippen molar-refractivity contribution in [3.8, 4) is 0 Å². The quantitative estimate of drug-likeness (QED) is 0.624. The standard InChI is InChI=1S/C9H15IN4O3S/c1-9(2,14-18(3,16)17)4-11-7-6(10)8(15)13-5-12-7/h5,14H,4H2,1-3H3,(H2,11,12,13,15). The number of rotatable bonds is 5. The van der Waals surface area contributed by atoms with Gasteiger partial charge < -0.3 is 10.3 Å². The highest BCUT2D eigenvalue weighted by Gasteiger charge is 2.22. The van der Waals surface area contributed by atoms with Crippen LogP contribution < -0.4 is 15.6 Å². The van der Waals surface area contributed by atoms with E-state index in [1.165, 1.54) is 6.33 Å². The van der Waals surface area contributed by atoms with Crippen LogP contribution >= 0.6 is 22.6 Å². The highest BCUT2D eigenvalue weighted by atomic mass is 127. The number of hydrogen-bond donors (Lipinski definition) is 3. The van der Waals surface area contributed by atoms with Gasteiger partial charge in [0.2, 0.25) is 10.0 Å². The summed E-state index contributed by atoms with van der Waals surface area (Å²) in [5.74, 6) is 0.433. The second kappa shape index (κ2) is 5.53. The predicted octanol–water partition coefficient (Wildman–Crippen LogP) is 0.114. The number of anilines is 1. The Labute approximate surface area is 119 Å². The van der Waals surface area contributed by atoms with Crippen LogP contribution in [0.25, 0.3) is 0 Å². The van der Waals surface area contributed by atoms with E-state index in [2.05, 4.69) is 20.0 Å². The van der Waals surface area contributed by atoms with Gasteiger partial charge in [-0.05, 0) is 36.4 Å². The van der Waals surface area contributed by atoms with Gasteiger partial charge in [0.15, 0.2) is 0 Å². The van der Waals surface area contributed by atoms with E-state index >= 15 is 0 Å². The molecule has 0 aromatic carbocycles. The molecule has 0 saturated carbocycles. The molecule has 0 spiro atoms. The summed E-state index contributed by atoms with van der Waals surface area (Å²) >= 11 is 1.88. The average molecular weight is 386 g/mol. The zero-order valence-electron chi connectivity index (χ0n) is 10.2. The van der Waals surface area contributed by atoms with E-state index in [0.29, 0.717) is 15.9 Å². The maximum absolute atomic E-state index is 11.3. The molecule has 18 heavy (non-hydrogen) atoms. The molecule has 0 amide bonds. The van der Waals surface area contributed by atoms with E-state index in [1.54, 1.807) is 13.8 Å². The molecule has 0 aliphatic heterocycles. The molecule has 1 aromatic heterocycles. The second-order valence-electron chi connectivity index (χ2n) is 4.51. The molecule has 0 saturated heterocycles. The van der Waals surface area contributed by atoms with Crippen molar-refractivity contribution >= 4 is 38.4 Å². The smallest absolute Gasteiger partial charge is 0.266 e. The third-order valence-electron chi connectivity index (χ3n) is 1.96. The first-order valence-electron chi connectivity index (χ1n) is 5.07. The summed E-state index contributed by atoms with van der Waals surface area (Å²) in [7, 11) is -3.28. The van der Waals surface area contributed by atoms with Crippen molar-refractivity contribution in [1.29, 1.82) is 0 Å². The van der Waals surface area contributed by atoms with Crippen LogP contribution in [-0.2, 0) is 10.0 Å². The van der Waals surface area contributed by atoms with Gasteiger partial charge in [-0.2, -0.15) is 0 Å². The zero-order valence-corrected chi connectivity index (χ0v) is 13.2. The third-order valence-corrected chi connectivity index (χ3v) is 3.88. The molecule has 0 radical (unpaired) electrons. The molecule has 1 aromatic rings. The van der Waals surface area contributed by atoms with Gasteiger partial charge in [-0.15, -0.1) is 0 Å². The lowest BCUT2D eigenvalue weighted by Crippen LogP contribution is -2.48. The van der Waals surface area contributed by atoms with Crippen LogP contribution in [0.15, 0.2) is 11.1 Å². The largest absolute Gasteiger partial charge is 0.367 e. The summed E-state index contributed by atoms with van der Waals surface area (Å²) < 4.78 is 25.3. The fourth-order valence-electron chi connectivity index (χ4n) is 1.35. The van der Waals surface area contributed by atoms with Gasteiger partial charge in [-0.3, -0.25) is 4.79 Å². The van der Waals surface area contributed by atoms with Gasteiger partial charge in [-0.25, -0.2) is 18.1 Å². The Morgan fingerprint density at radius 2 is 2.11 bits per heavy atom. The van der Waals surface area contributed by atoms with Crippen LogP contribution in [0.3, 0.4) is 0 Å². The fraction of sp³-hybridized carbons (Fsp3) is 0.556. The van der Waals surface area contributed by atoms with Crippen molar-refractivity contribution in [2.24, 2.45) is 0 Å². The lowest BCUT2D eigenvalue weighted by molar-refractivity contribution is 0.475. The van der Waals surface area contributed by atoms with E-state index in [9.17, 15) is 13.2 Å². The maximum Gasteiger partial charge on any atom is 0.266 e. The lowest BCUT2D eigenvalue weighted by Gasteiger charge is -2.25. The van der Waals surface area contributed by atoms with Crippen LogP contribution in [0.2, 0.25) is 0 Å². The van der Waals surface area contributed by atoms with E-state index in [1.807, 2.05) is 22.6 Å². The molecule has 0 atom stereocenters. The van der Waals surface area contributed by atoms with Crippen molar-refractivity contribution in [2.45, 2.75) is 19.4 Å². The molecule has 7 nitrogen and oxygen atoms in total. The molecule has 1 rings (SSSR count). The zero-order chi connectivity index (χ0) is 14.0. The van der Waals surface area contributed by atoms with E-state index in [-0.39, 0.29) is 5.56 Å². The normalized spacial score (nSPS) is 12.4. The van der Waals surface area contributed by atoms with Gasteiger partial charge in [0, 0.05) is 12.1 Å². The minimum Gasteiger partial charge on any atom is -0.367 e. The SMILES string of the molecule is CC(C)(CNc1nc[nH]c(=O)c1I)NS(C)(=O)=O. The van der Waals surface area contributed by atoms with Crippen LogP contribution in [-0.4, -0.2) is 36.7 Å². The summed E-state index contributed by atoms with van der Waals surface area (Å²) in [5, 5.41) is 2.95. The van der Waals surface area contributed by atoms with Gasteiger partial charge in [0.1, 0.15) is 9.39 Å². The first kappa shape index (κ1) is 15.4. The molecule has 1 heterocycles. The number of aromatic nitrogens is 2. The summed E-state index contributed by atoms with van der Waals surface area (Å²) in [6.45, 7) is 3.79. The first-order valence-corrected chi connectivity index (χ1v) is 8.04. The van der Waals surface area contributed by atoms with Crippen LogP contribution in [0.1, 0.15) is 13.8 Å². The molecule has 0 unspecified atom stereocenters. The minimum absolute atomic E-state index is 0.234. The maximum atomic E-state index is 11.3. The molecule has 0 aliphatic carbocycles. The molecule has 0 bridgehead atoms. The molecule has 0 fully saturated rings. The van der Waals surface area contributed by atoms with Crippen LogP contribution in [0, 0.1) is 3.57 Å². The Morgan fingerprint density at radius 1 is 1.50 bits per heavy atom. The Hall–Kier alpha value is -0.680. The number of nitrogens with one attached hydrogen (secondary N) is 3. The average Bonchev–Trinajstić information content (AvgIpc) is 2.17. The minimum atomic E-state index is -3.28. The van der Waals surface area contributed by atoms with E-state index in [4.69, 9.17) is 0 Å². The van der Waals surface area contributed by atoms with Crippen LogP contribution in [0.5, 0.6) is 0 Å². The van der Waals surface area contributed by atoms with Crippen molar-refractivity contribution in [2.75, 3.05) is 18.1 Å². The Kier molecular flexibility index (Phi) is 4.72. The van der Waals surface area contributed by atoms with Crippen molar-refractivity contribution in [3.05, 3.63) is 20.3 Å². The molecular formula is C9H15IN4O3S. The van der Waals surface area contributed by atoms with Crippen molar-refractivity contribution in [1.82, 2.24) is 14.7 Å². The van der Waals surface area contributed by atoms with Gasteiger partial charge in [-0.1, -0.05) is 0 Å². The number of hydrogen-bond acceptors (Lipinski definition) is 5.